The Labute approximate surface area is 122 Å². The highest BCUT2D eigenvalue weighted by molar-refractivity contribution is 9.10. The molecule has 0 saturated heterocycles. The third-order valence-corrected chi connectivity index (χ3v) is 5.30. The maximum absolute atomic E-state index is 5.91. The Kier molecular flexibility index (Phi) is 3.81. The first-order chi connectivity index (χ1) is 8.72. The van der Waals surface area contributed by atoms with Crippen molar-refractivity contribution in [3.63, 3.8) is 0 Å². The quantitative estimate of drug-likeness (QED) is 0.800. The summed E-state index contributed by atoms with van der Waals surface area (Å²) in [5, 5.41) is 4.14. The molecule has 3 rings (SSSR count). The minimum absolute atomic E-state index is 0.528. The van der Waals surface area contributed by atoms with Crippen molar-refractivity contribution in [3.8, 4) is 0 Å². The number of hydrogen-bond acceptors (Lipinski definition) is 2. The Morgan fingerprint density at radius 2 is 2.06 bits per heavy atom. The van der Waals surface area contributed by atoms with Crippen LogP contribution in [0.15, 0.2) is 16.7 Å². The number of nitrogens with zero attached hydrogens (tertiary/aromatic N) is 1. The fraction of sp³-hybridized carbons (Fsp3) is 0.643. The summed E-state index contributed by atoms with van der Waals surface area (Å²) in [4.78, 5) is 4.17. The van der Waals surface area contributed by atoms with Crippen molar-refractivity contribution in [3.05, 3.63) is 21.9 Å². The topological polar surface area (TPSA) is 24.9 Å². The Morgan fingerprint density at radius 3 is 2.78 bits per heavy atom. The van der Waals surface area contributed by atoms with Crippen molar-refractivity contribution in [2.75, 3.05) is 5.32 Å². The first-order valence-electron chi connectivity index (χ1n) is 6.80. The Morgan fingerprint density at radius 1 is 1.22 bits per heavy atom. The molecule has 0 bridgehead atoms. The van der Waals surface area contributed by atoms with Gasteiger partial charge in [-0.3, -0.25) is 0 Å². The minimum Gasteiger partial charge on any atom is -0.381 e. The van der Waals surface area contributed by atoms with E-state index >= 15 is 0 Å². The van der Waals surface area contributed by atoms with E-state index in [-0.39, 0.29) is 0 Å². The lowest BCUT2D eigenvalue weighted by molar-refractivity contribution is 0.303. The van der Waals surface area contributed by atoms with E-state index in [9.17, 15) is 0 Å². The third-order valence-electron chi connectivity index (χ3n) is 4.17. The lowest BCUT2D eigenvalue weighted by atomic mass is 9.82. The molecule has 1 heterocycles. The molecule has 0 amide bonds. The second kappa shape index (κ2) is 5.38. The molecule has 1 aromatic heterocycles. The maximum Gasteiger partial charge on any atom is 0.143 e. The lowest BCUT2D eigenvalue weighted by Crippen LogP contribution is -2.28. The molecule has 2 aliphatic rings. The van der Waals surface area contributed by atoms with Crippen LogP contribution in [0.5, 0.6) is 0 Å². The monoisotopic (exact) mass is 328 g/mol. The van der Waals surface area contributed by atoms with Gasteiger partial charge in [0.15, 0.2) is 0 Å². The number of hydrogen-bond donors (Lipinski definition) is 1. The summed E-state index contributed by atoms with van der Waals surface area (Å²) in [6, 6.07) is 2.63. The molecule has 1 aromatic rings. The van der Waals surface area contributed by atoms with Crippen molar-refractivity contribution in [2.45, 2.75) is 44.6 Å². The Hall–Kier alpha value is -0.280. The van der Waals surface area contributed by atoms with Gasteiger partial charge in [0.1, 0.15) is 5.15 Å². The van der Waals surface area contributed by atoms with Crippen LogP contribution in [0.2, 0.25) is 5.15 Å². The van der Waals surface area contributed by atoms with Crippen LogP contribution in [0.4, 0.5) is 5.69 Å². The molecule has 2 nitrogen and oxygen atoms in total. The van der Waals surface area contributed by atoms with E-state index < -0.39 is 0 Å². The van der Waals surface area contributed by atoms with Gasteiger partial charge in [0, 0.05) is 6.04 Å². The van der Waals surface area contributed by atoms with Crippen LogP contribution in [0.3, 0.4) is 0 Å². The first kappa shape index (κ1) is 12.7. The highest BCUT2D eigenvalue weighted by Gasteiger charge is 2.34. The van der Waals surface area contributed by atoms with Gasteiger partial charge < -0.3 is 5.32 Å². The second-order valence-electron chi connectivity index (χ2n) is 5.60. The van der Waals surface area contributed by atoms with Crippen molar-refractivity contribution in [2.24, 2.45) is 11.8 Å². The van der Waals surface area contributed by atoms with Gasteiger partial charge in [0.2, 0.25) is 0 Å². The molecule has 2 atom stereocenters. The number of pyridine rings is 1. The minimum atomic E-state index is 0.528. The van der Waals surface area contributed by atoms with Crippen molar-refractivity contribution in [1.29, 1.82) is 0 Å². The summed E-state index contributed by atoms with van der Waals surface area (Å²) < 4.78 is 0.865. The van der Waals surface area contributed by atoms with Crippen molar-refractivity contribution in [1.82, 2.24) is 4.98 Å². The molecule has 4 heteroatoms. The first-order valence-corrected chi connectivity index (χ1v) is 7.97. The van der Waals surface area contributed by atoms with Gasteiger partial charge in [-0.15, -0.1) is 0 Å². The molecule has 2 aliphatic carbocycles. The number of rotatable bonds is 3. The van der Waals surface area contributed by atoms with E-state index in [2.05, 4.69) is 26.2 Å². The van der Waals surface area contributed by atoms with Crippen LogP contribution >= 0.6 is 27.5 Å². The van der Waals surface area contributed by atoms with Gasteiger partial charge in [0.25, 0.3) is 0 Å². The molecule has 0 radical (unpaired) electrons. The van der Waals surface area contributed by atoms with Crippen LogP contribution in [-0.2, 0) is 0 Å². The Bertz CT molecular complexity index is 434. The SMILES string of the molecule is Clc1ncc(NC2CCCC(C3CC3)C2)cc1Br. The van der Waals surface area contributed by atoms with E-state index in [1.807, 2.05) is 12.3 Å². The lowest BCUT2D eigenvalue weighted by Gasteiger charge is -2.30. The average Bonchev–Trinajstić information content (AvgIpc) is 3.18. The van der Waals surface area contributed by atoms with E-state index in [1.54, 1.807) is 0 Å². The normalized spacial score (nSPS) is 28.1. The van der Waals surface area contributed by atoms with Gasteiger partial charge in [-0.1, -0.05) is 24.4 Å². The largest absolute Gasteiger partial charge is 0.381 e. The predicted octanol–water partition coefficient (Wildman–Crippen LogP) is 4.88. The predicted molar refractivity (Wildman–Crippen MR) is 79.0 cm³/mol. The molecule has 2 fully saturated rings. The standard InChI is InChI=1S/C14H18BrClN2/c15-13-7-12(8-17-14(13)16)18-11-3-1-2-10(6-11)9-4-5-9/h7-11,18H,1-6H2. The fourth-order valence-corrected chi connectivity index (χ4v) is 3.54. The smallest absolute Gasteiger partial charge is 0.143 e. The molecule has 0 aromatic carbocycles. The zero-order valence-corrected chi connectivity index (χ0v) is 12.7. The van der Waals surface area contributed by atoms with Gasteiger partial charge in [-0.25, -0.2) is 4.98 Å². The second-order valence-corrected chi connectivity index (χ2v) is 6.81. The molecular formula is C14H18BrClN2. The molecule has 18 heavy (non-hydrogen) atoms. The molecule has 2 saturated carbocycles. The van der Waals surface area contributed by atoms with Gasteiger partial charge in [-0.2, -0.15) is 0 Å². The summed E-state index contributed by atoms with van der Waals surface area (Å²) in [5.41, 5.74) is 1.08. The molecule has 98 valence electrons. The van der Waals surface area contributed by atoms with Gasteiger partial charge in [0.05, 0.1) is 16.4 Å². The molecule has 1 N–H and O–H groups in total. The van der Waals surface area contributed by atoms with Gasteiger partial charge >= 0.3 is 0 Å². The fourth-order valence-electron chi connectivity index (χ4n) is 3.09. The van der Waals surface area contributed by atoms with Crippen LogP contribution < -0.4 is 5.32 Å². The van der Waals surface area contributed by atoms with Crippen molar-refractivity contribution >= 4 is 33.2 Å². The zero-order chi connectivity index (χ0) is 12.5. The molecular weight excluding hydrogens is 312 g/mol. The van der Waals surface area contributed by atoms with Crippen molar-refractivity contribution < 1.29 is 0 Å². The number of anilines is 1. The molecule has 0 spiro atoms. The maximum atomic E-state index is 5.91. The number of aromatic nitrogens is 1. The van der Waals surface area contributed by atoms with Crippen LogP contribution in [0.1, 0.15) is 38.5 Å². The van der Waals surface area contributed by atoms with Gasteiger partial charge in [-0.05, 0) is 59.5 Å². The highest BCUT2D eigenvalue weighted by atomic mass is 79.9. The summed E-state index contributed by atoms with van der Waals surface area (Å²) in [7, 11) is 0. The number of halogens is 2. The van der Waals surface area contributed by atoms with E-state index in [0.29, 0.717) is 11.2 Å². The van der Waals surface area contributed by atoms with E-state index in [0.717, 1.165) is 22.0 Å². The summed E-state index contributed by atoms with van der Waals surface area (Å²) in [6.45, 7) is 0. The molecule has 2 unspecified atom stereocenters. The highest BCUT2D eigenvalue weighted by Crippen LogP contribution is 2.44. The summed E-state index contributed by atoms with van der Waals surface area (Å²) in [6.07, 6.45) is 10.2. The van der Waals surface area contributed by atoms with E-state index in [4.69, 9.17) is 11.6 Å². The molecule has 0 aliphatic heterocycles. The average molecular weight is 330 g/mol. The van der Waals surface area contributed by atoms with E-state index in [1.165, 1.54) is 38.5 Å². The van der Waals surface area contributed by atoms with Crippen LogP contribution in [0.25, 0.3) is 0 Å². The summed E-state index contributed by atoms with van der Waals surface area (Å²) >= 11 is 9.33. The van der Waals surface area contributed by atoms with Crippen LogP contribution in [-0.4, -0.2) is 11.0 Å². The Balaban J connectivity index is 1.62. The number of nitrogens with one attached hydrogen (secondary N) is 1. The summed E-state index contributed by atoms with van der Waals surface area (Å²) in [5.74, 6) is 1.99. The van der Waals surface area contributed by atoms with Crippen LogP contribution in [0, 0.1) is 11.8 Å². The zero-order valence-electron chi connectivity index (χ0n) is 10.3. The third kappa shape index (κ3) is 3.00.